The number of nitrogens with zero attached hydrogens (tertiary/aromatic N) is 2. The summed E-state index contributed by atoms with van der Waals surface area (Å²) in [5.41, 5.74) is 0.587. The first-order valence-corrected chi connectivity index (χ1v) is 8.63. The van der Waals surface area contributed by atoms with Gasteiger partial charge in [-0.05, 0) is 24.8 Å². The largest absolute Gasteiger partial charge is 0.860 e. The van der Waals surface area contributed by atoms with Gasteiger partial charge in [0.05, 0.1) is 12.0 Å². The predicted molar refractivity (Wildman–Crippen MR) is 77.6 cm³/mol. The van der Waals surface area contributed by atoms with Crippen molar-refractivity contribution in [3.63, 3.8) is 0 Å². The molecule has 1 aliphatic heterocycles. The molecule has 1 aliphatic carbocycles. The normalized spacial score (nSPS) is 24.9. The van der Waals surface area contributed by atoms with Crippen molar-refractivity contribution in [1.82, 2.24) is 4.90 Å². The van der Waals surface area contributed by atoms with Crippen molar-refractivity contribution in [2.24, 2.45) is 4.40 Å². The van der Waals surface area contributed by atoms with Crippen LogP contribution in [0.15, 0.2) is 40.2 Å². The molecule has 0 aromatic heterocycles. The van der Waals surface area contributed by atoms with Gasteiger partial charge in [-0.2, -0.15) is 4.40 Å². The number of rotatable bonds is 2. The molecule has 0 bridgehead atoms. The molecule has 6 heteroatoms. The van der Waals surface area contributed by atoms with E-state index in [0.29, 0.717) is 5.57 Å². The quantitative estimate of drug-likeness (QED) is 0.711. The zero-order chi connectivity index (χ0) is 14.6. The molecule has 5 nitrogen and oxygen atoms in total. The smallest absolute Gasteiger partial charge is 0.250 e. The Labute approximate surface area is 120 Å². The molecule has 0 unspecified atom stereocenters. The number of likely N-dealkylation sites (tertiary alicyclic amines) is 1. The van der Waals surface area contributed by atoms with Gasteiger partial charge < -0.3 is 10.0 Å². The molecule has 0 aromatic rings. The highest BCUT2D eigenvalue weighted by atomic mass is 32.2. The summed E-state index contributed by atoms with van der Waals surface area (Å²) in [5, 5.41) is 12.5. The Balaban J connectivity index is 2.35. The molecule has 0 spiro atoms. The van der Waals surface area contributed by atoms with Crippen LogP contribution in [0.5, 0.6) is 0 Å². The van der Waals surface area contributed by atoms with E-state index in [0.717, 1.165) is 45.0 Å². The van der Waals surface area contributed by atoms with Crippen molar-refractivity contribution >= 4 is 15.7 Å². The highest BCUT2D eigenvalue weighted by Gasteiger charge is 2.14. The Kier molecular flexibility index (Phi) is 4.65. The molecule has 0 amide bonds. The van der Waals surface area contributed by atoms with Gasteiger partial charge in [0.1, 0.15) is 0 Å². The topological polar surface area (TPSA) is 72.8 Å². The monoisotopic (exact) mass is 295 g/mol. The first kappa shape index (κ1) is 14.8. The minimum absolute atomic E-state index is 0.130. The lowest BCUT2D eigenvalue weighted by Gasteiger charge is -2.32. The maximum absolute atomic E-state index is 12.5. The van der Waals surface area contributed by atoms with Gasteiger partial charge in [-0.15, -0.1) is 0 Å². The lowest BCUT2D eigenvalue weighted by atomic mass is 10.1. The fraction of sp³-hybridized carbons (Fsp3) is 0.500. The van der Waals surface area contributed by atoms with E-state index in [1.165, 1.54) is 0 Å². The summed E-state index contributed by atoms with van der Waals surface area (Å²) >= 11 is 0. The predicted octanol–water partition coefficient (Wildman–Crippen LogP) is 0.961. The number of allylic oxidation sites excluding steroid dienone is 5. The second kappa shape index (κ2) is 6.26. The van der Waals surface area contributed by atoms with E-state index in [2.05, 4.69) is 4.40 Å². The lowest BCUT2D eigenvalue weighted by molar-refractivity contribution is -0.333. The summed E-state index contributed by atoms with van der Waals surface area (Å²) in [6, 6.07) is 0. The van der Waals surface area contributed by atoms with Crippen molar-refractivity contribution in [2.75, 3.05) is 19.3 Å². The number of sulfonamides is 1. The van der Waals surface area contributed by atoms with Gasteiger partial charge in [0.15, 0.2) is 0 Å². The maximum Gasteiger partial charge on any atom is 0.250 e. The van der Waals surface area contributed by atoms with Gasteiger partial charge in [0.2, 0.25) is 0 Å². The Morgan fingerprint density at radius 2 is 1.75 bits per heavy atom. The minimum Gasteiger partial charge on any atom is -0.860 e. The molecule has 0 atom stereocenters. The van der Waals surface area contributed by atoms with Crippen molar-refractivity contribution in [2.45, 2.75) is 25.7 Å². The van der Waals surface area contributed by atoms with E-state index in [4.69, 9.17) is 0 Å². The second-order valence-corrected chi connectivity index (χ2v) is 6.70. The fourth-order valence-electron chi connectivity index (χ4n) is 2.36. The van der Waals surface area contributed by atoms with Crippen LogP contribution in [0.4, 0.5) is 0 Å². The average molecular weight is 295 g/mol. The van der Waals surface area contributed by atoms with Crippen LogP contribution < -0.4 is 5.11 Å². The molecule has 1 fully saturated rings. The zero-order valence-electron chi connectivity index (χ0n) is 11.6. The molecular formula is C14H19N2O3S-. The average Bonchev–Trinajstić information content (AvgIpc) is 2.65. The number of hydrogen-bond donors (Lipinski definition) is 0. The van der Waals surface area contributed by atoms with Crippen LogP contribution in [0, 0.1) is 0 Å². The molecule has 1 saturated heterocycles. The molecule has 0 N–H and O–H groups in total. The van der Waals surface area contributed by atoms with Gasteiger partial charge in [-0.3, -0.25) is 0 Å². The van der Waals surface area contributed by atoms with Crippen molar-refractivity contribution in [1.29, 1.82) is 0 Å². The van der Waals surface area contributed by atoms with Crippen molar-refractivity contribution < 1.29 is 13.5 Å². The molecule has 0 saturated carbocycles. The van der Waals surface area contributed by atoms with E-state index >= 15 is 0 Å². The molecule has 0 radical (unpaired) electrons. The third-order valence-electron chi connectivity index (χ3n) is 3.29. The zero-order valence-corrected chi connectivity index (χ0v) is 12.4. The van der Waals surface area contributed by atoms with E-state index < -0.39 is 10.0 Å². The molecule has 20 heavy (non-hydrogen) atoms. The Morgan fingerprint density at radius 3 is 2.35 bits per heavy atom. The van der Waals surface area contributed by atoms with E-state index in [-0.39, 0.29) is 11.6 Å². The first-order valence-electron chi connectivity index (χ1n) is 6.79. The Hall–Kier alpha value is -1.56. The van der Waals surface area contributed by atoms with Crippen molar-refractivity contribution in [3.05, 3.63) is 35.8 Å². The fourth-order valence-corrected chi connectivity index (χ4v) is 2.87. The molecule has 0 aromatic carbocycles. The van der Waals surface area contributed by atoms with Crippen LogP contribution in [-0.2, 0) is 10.0 Å². The summed E-state index contributed by atoms with van der Waals surface area (Å²) in [7, 11) is -3.52. The van der Waals surface area contributed by atoms with Crippen LogP contribution in [-0.4, -0.2) is 38.4 Å². The number of hydrogen-bond acceptors (Lipinski definition) is 4. The molecule has 1 heterocycles. The van der Waals surface area contributed by atoms with E-state index in [1.54, 1.807) is 29.2 Å². The minimum atomic E-state index is -3.52. The second-order valence-electron chi connectivity index (χ2n) is 5.05. The third-order valence-corrected chi connectivity index (χ3v) is 3.82. The summed E-state index contributed by atoms with van der Waals surface area (Å²) in [5.74, 6) is -0.130. The SMILES string of the molecule is CS(=O)(=O)N=C1C=CC=CC1=C([O-])N1CCCCCC1. The van der Waals surface area contributed by atoms with Crippen LogP contribution >= 0.6 is 0 Å². The summed E-state index contributed by atoms with van der Waals surface area (Å²) in [4.78, 5) is 1.80. The molecule has 2 rings (SSSR count). The van der Waals surface area contributed by atoms with Gasteiger partial charge in [0.25, 0.3) is 10.0 Å². The van der Waals surface area contributed by atoms with Gasteiger partial charge in [-0.25, -0.2) is 8.42 Å². The Bertz CT molecular complexity index is 578. The summed E-state index contributed by atoms with van der Waals surface area (Å²) < 4.78 is 26.3. The highest BCUT2D eigenvalue weighted by Crippen LogP contribution is 2.18. The molecular weight excluding hydrogens is 276 g/mol. The molecule has 2 aliphatic rings. The van der Waals surface area contributed by atoms with Crippen LogP contribution in [0.3, 0.4) is 0 Å². The Morgan fingerprint density at radius 1 is 1.15 bits per heavy atom. The highest BCUT2D eigenvalue weighted by molar-refractivity contribution is 7.89. The van der Waals surface area contributed by atoms with Gasteiger partial charge >= 0.3 is 0 Å². The molecule has 110 valence electrons. The van der Waals surface area contributed by atoms with Gasteiger partial charge in [0, 0.05) is 18.7 Å². The van der Waals surface area contributed by atoms with Crippen LogP contribution in [0.1, 0.15) is 25.7 Å². The third kappa shape index (κ3) is 3.96. The standard InChI is InChI=1S/C14H20N2O3S/c1-20(18,19)15-13-9-5-4-8-12(13)14(17)16-10-6-2-3-7-11-16/h4-5,8-9,17H,2-3,6-7,10-11H2,1H3/p-1. The van der Waals surface area contributed by atoms with Gasteiger partial charge in [-0.1, -0.05) is 31.1 Å². The van der Waals surface area contributed by atoms with E-state index in [9.17, 15) is 13.5 Å². The summed E-state index contributed by atoms with van der Waals surface area (Å²) in [6.45, 7) is 1.46. The van der Waals surface area contributed by atoms with E-state index in [1.807, 2.05) is 0 Å². The maximum atomic E-state index is 12.5. The lowest BCUT2D eigenvalue weighted by Crippen LogP contribution is -2.33. The van der Waals surface area contributed by atoms with Crippen molar-refractivity contribution in [3.8, 4) is 0 Å². The summed E-state index contributed by atoms with van der Waals surface area (Å²) in [6.07, 6.45) is 11.9. The van der Waals surface area contributed by atoms with Crippen LogP contribution in [0.2, 0.25) is 0 Å². The first-order chi connectivity index (χ1) is 9.47. The van der Waals surface area contributed by atoms with Crippen LogP contribution in [0.25, 0.3) is 0 Å².